The molecule has 0 aromatic rings. The van der Waals surface area contributed by atoms with Crippen molar-refractivity contribution in [1.82, 2.24) is 5.32 Å². The molecule has 3 atom stereocenters. The highest BCUT2D eigenvalue weighted by atomic mass is 16.3. The fourth-order valence-electron chi connectivity index (χ4n) is 10.1. The van der Waals surface area contributed by atoms with Gasteiger partial charge in [0.2, 0.25) is 5.91 Å². The average molecular weight is 973 g/mol. The molecule has 0 rings (SSSR count). The molecule has 0 saturated heterocycles. The molecular formula is C64H125NO4. The number of carbonyl (C=O) groups excluding carboxylic acids is 1. The van der Waals surface area contributed by atoms with Gasteiger partial charge < -0.3 is 20.6 Å². The Kier molecular flexibility index (Phi) is 58.4. The number of amides is 1. The lowest BCUT2D eigenvalue weighted by Crippen LogP contribution is -2.48. The fourth-order valence-corrected chi connectivity index (χ4v) is 10.1. The van der Waals surface area contributed by atoms with E-state index in [2.05, 4.69) is 31.3 Å². The number of unbranched alkanes of at least 4 members (excludes halogenated alkanes) is 49. The number of aliphatic hydroxyl groups excluding tert-OH is 3. The Morgan fingerprint density at radius 3 is 0.841 bits per heavy atom. The molecule has 3 unspecified atom stereocenters. The van der Waals surface area contributed by atoms with Gasteiger partial charge in [-0.05, 0) is 44.9 Å². The van der Waals surface area contributed by atoms with Gasteiger partial charge in [-0.25, -0.2) is 0 Å². The van der Waals surface area contributed by atoms with E-state index < -0.39 is 24.2 Å². The van der Waals surface area contributed by atoms with Gasteiger partial charge in [-0.3, -0.25) is 4.79 Å². The van der Waals surface area contributed by atoms with Gasteiger partial charge in [-0.1, -0.05) is 334 Å². The van der Waals surface area contributed by atoms with Crippen LogP contribution < -0.4 is 5.32 Å². The first-order chi connectivity index (χ1) is 34.1. The summed E-state index contributed by atoms with van der Waals surface area (Å²) in [5.41, 5.74) is 0. The van der Waals surface area contributed by atoms with E-state index in [0.29, 0.717) is 6.42 Å². The Morgan fingerprint density at radius 2 is 0.580 bits per heavy atom. The Balaban J connectivity index is 3.49. The highest BCUT2D eigenvalue weighted by Gasteiger charge is 2.22. The van der Waals surface area contributed by atoms with Crippen molar-refractivity contribution >= 4 is 5.91 Å². The maximum absolute atomic E-state index is 12.6. The summed E-state index contributed by atoms with van der Waals surface area (Å²) in [5, 5.41) is 33.5. The van der Waals surface area contributed by atoms with Crippen LogP contribution >= 0.6 is 0 Å². The minimum absolute atomic E-state index is 0.360. The maximum atomic E-state index is 12.6. The monoisotopic (exact) mass is 972 g/mol. The van der Waals surface area contributed by atoms with E-state index in [1.165, 1.54) is 302 Å². The van der Waals surface area contributed by atoms with Gasteiger partial charge in [0.05, 0.1) is 18.8 Å². The van der Waals surface area contributed by atoms with Crippen LogP contribution in [-0.2, 0) is 4.79 Å². The highest BCUT2D eigenvalue weighted by molar-refractivity contribution is 5.80. The molecule has 0 aromatic heterocycles. The van der Waals surface area contributed by atoms with Crippen LogP contribution in [0.2, 0.25) is 0 Å². The van der Waals surface area contributed by atoms with Crippen LogP contribution in [0.3, 0.4) is 0 Å². The molecule has 0 aromatic carbocycles. The first-order valence-electron chi connectivity index (χ1n) is 31.7. The predicted octanol–water partition coefficient (Wildman–Crippen LogP) is 20.0. The quantitative estimate of drug-likeness (QED) is 0.0361. The normalized spacial score (nSPS) is 13.3. The number of allylic oxidation sites excluding steroid dienone is 3. The molecule has 69 heavy (non-hydrogen) atoms. The molecule has 0 radical (unpaired) electrons. The third kappa shape index (κ3) is 54.4. The van der Waals surface area contributed by atoms with Crippen molar-refractivity contribution in [2.75, 3.05) is 6.61 Å². The number of carbonyl (C=O) groups is 1. The SMILES string of the molecule is CCCCCCCCCCCCCCCC/C=C\CCCCCCCCCCCCCCCCCCC(O)C(=O)NC(CO)C(O)/C=C/CCCCCCCCCCCCCCCCCCCCC. The smallest absolute Gasteiger partial charge is 0.249 e. The minimum Gasteiger partial charge on any atom is -0.394 e. The first kappa shape index (κ1) is 67.8. The summed E-state index contributed by atoms with van der Waals surface area (Å²) >= 11 is 0. The summed E-state index contributed by atoms with van der Waals surface area (Å²) in [6, 6.07) is -0.797. The van der Waals surface area contributed by atoms with Gasteiger partial charge in [0.15, 0.2) is 0 Å². The van der Waals surface area contributed by atoms with E-state index in [1.54, 1.807) is 6.08 Å². The molecule has 0 aliphatic heterocycles. The second-order valence-electron chi connectivity index (χ2n) is 22.0. The molecule has 0 spiro atoms. The van der Waals surface area contributed by atoms with Gasteiger partial charge >= 0.3 is 0 Å². The molecule has 1 amide bonds. The molecule has 5 nitrogen and oxygen atoms in total. The predicted molar refractivity (Wildman–Crippen MR) is 305 cm³/mol. The molecule has 4 N–H and O–H groups in total. The number of aliphatic hydroxyl groups is 3. The number of hydrogen-bond donors (Lipinski definition) is 4. The Hall–Kier alpha value is -1.17. The molecule has 0 fully saturated rings. The second-order valence-corrected chi connectivity index (χ2v) is 22.0. The number of rotatable bonds is 59. The van der Waals surface area contributed by atoms with Crippen molar-refractivity contribution in [2.45, 2.75) is 372 Å². The van der Waals surface area contributed by atoms with E-state index >= 15 is 0 Å². The summed E-state index contributed by atoms with van der Waals surface area (Å²) in [5.74, 6) is -0.496. The van der Waals surface area contributed by atoms with Gasteiger partial charge in [0.25, 0.3) is 0 Å². The molecule has 0 heterocycles. The van der Waals surface area contributed by atoms with E-state index in [0.717, 1.165) is 32.1 Å². The zero-order chi connectivity index (χ0) is 50.0. The Bertz CT molecular complexity index is 1030. The van der Waals surface area contributed by atoms with Crippen LogP contribution in [0.25, 0.3) is 0 Å². The molecule has 0 aliphatic rings. The fraction of sp³-hybridized carbons (Fsp3) is 0.922. The Labute approximate surface area is 432 Å². The molecule has 0 aliphatic carbocycles. The average Bonchev–Trinajstić information content (AvgIpc) is 3.35. The van der Waals surface area contributed by atoms with Crippen LogP contribution in [0.4, 0.5) is 0 Å². The van der Waals surface area contributed by atoms with Crippen LogP contribution in [0.5, 0.6) is 0 Å². The van der Waals surface area contributed by atoms with E-state index in [1.807, 2.05) is 6.08 Å². The minimum atomic E-state index is -1.10. The summed E-state index contributed by atoms with van der Waals surface area (Å²) in [6.07, 6.45) is 77.2. The highest BCUT2D eigenvalue weighted by Crippen LogP contribution is 2.18. The molecule has 0 bridgehead atoms. The van der Waals surface area contributed by atoms with E-state index in [-0.39, 0.29) is 6.61 Å². The topological polar surface area (TPSA) is 89.8 Å². The third-order valence-corrected chi connectivity index (χ3v) is 15.0. The van der Waals surface area contributed by atoms with Crippen molar-refractivity contribution in [3.05, 3.63) is 24.3 Å². The summed E-state index contributed by atoms with van der Waals surface area (Å²) < 4.78 is 0. The molecule has 5 heteroatoms. The second kappa shape index (κ2) is 59.4. The standard InChI is InChI=1S/C64H125NO4/c1-3-5-7-9-11-13-15-17-19-21-23-25-26-27-28-29-30-31-32-33-34-35-36-37-39-41-43-45-47-49-51-53-55-57-59-63(68)64(69)65-61(60-66)62(67)58-56-54-52-50-48-46-44-42-40-38-24-22-20-18-16-14-12-10-8-6-4-2/h29-30,56,58,61-63,66-68H,3-28,31-55,57,59-60H2,1-2H3,(H,65,69)/b30-29-,58-56+. The van der Waals surface area contributed by atoms with Crippen molar-refractivity contribution in [3.8, 4) is 0 Å². The number of hydrogen-bond acceptors (Lipinski definition) is 4. The van der Waals surface area contributed by atoms with Crippen LogP contribution in [-0.4, -0.2) is 46.1 Å². The van der Waals surface area contributed by atoms with Crippen molar-refractivity contribution in [1.29, 1.82) is 0 Å². The first-order valence-corrected chi connectivity index (χ1v) is 31.7. The van der Waals surface area contributed by atoms with Crippen molar-refractivity contribution < 1.29 is 20.1 Å². The lowest BCUT2D eigenvalue weighted by atomic mass is 10.0. The van der Waals surface area contributed by atoms with Gasteiger partial charge in [0, 0.05) is 0 Å². The molecule has 410 valence electrons. The Morgan fingerprint density at radius 1 is 0.348 bits per heavy atom. The summed E-state index contributed by atoms with van der Waals surface area (Å²) in [7, 11) is 0. The molecular weight excluding hydrogens is 847 g/mol. The largest absolute Gasteiger partial charge is 0.394 e. The lowest BCUT2D eigenvalue weighted by Gasteiger charge is -2.21. The zero-order valence-corrected chi connectivity index (χ0v) is 47.0. The molecule has 0 saturated carbocycles. The zero-order valence-electron chi connectivity index (χ0n) is 47.0. The van der Waals surface area contributed by atoms with Crippen LogP contribution in [0.15, 0.2) is 24.3 Å². The van der Waals surface area contributed by atoms with Gasteiger partial charge in [-0.2, -0.15) is 0 Å². The van der Waals surface area contributed by atoms with Gasteiger partial charge in [-0.15, -0.1) is 0 Å². The summed E-state index contributed by atoms with van der Waals surface area (Å²) in [6.45, 7) is 4.23. The number of nitrogens with one attached hydrogen (secondary N) is 1. The van der Waals surface area contributed by atoms with Crippen LogP contribution in [0.1, 0.15) is 354 Å². The third-order valence-electron chi connectivity index (χ3n) is 15.0. The van der Waals surface area contributed by atoms with Crippen molar-refractivity contribution in [3.63, 3.8) is 0 Å². The summed E-state index contributed by atoms with van der Waals surface area (Å²) in [4.78, 5) is 12.6. The van der Waals surface area contributed by atoms with Crippen LogP contribution in [0, 0.1) is 0 Å². The van der Waals surface area contributed by atoms with E-state index in [4.69, 9.17) is 0 Å². The van der Waals surface area contributed by atoms with E-state index in [9.17, 15) is 20.1 Å². The van der Waals surface area contributed by atoms with Crippen molar-refractivity contribution in [2.24, 2.45) is 0 Å². The lowest BCUT2D eigenvalue weighted by molar-refractivity contribution is -0.131. The van der Waals surface area contributed by atoms with Gasteiger partial charge in [0.1, 0.15) is 6.10 Å². The maximum Gasteiger partial charge on any atom is 0.249 e.